The van der Waals surface area contributed by atoms with Crippen molar-refractivity contribution in [3.8, 4) is 28.3 Å². The number of ether oxygens (including phenoxy) is 1. The first kappa shape index (κ1) is 21.5. The van der Waals surface area contributed by atoms with Gasteiger partial charge in [-0.15, -0.1) is 0 Å². The normalized spacial score (nSPS) is 10.4. The Morgan fingerprint density at radius 3 is 2.70 bits per heavy atom. The van der Waals surface area contributed by atoms with E-state index < -0.39 is 0 Å². The molecule has 2 aromatic carbocycles. The van der Waals surface area contributed by atoms with E-state index in [1.54, 1.807) is 22.9 Å². The zero-order valence-corrected chi connectivity index (χ0v) is 17.9. The summed E-state index contributed by atoms with van der Waals surface area (Å²) in [5, 5.41) is 12.9. The molecule has 162 valence electrons. The first-order valence-electron chi connectivity index (χ1n) is 10.1. The maximum absolute atomic E-state index is 11.7. The highest BCUT2D eigenvalue weighted by Gasteiger charge is 2.14. The Kier molecular flexibility index (Phi) is 6.00. The van der Waals surface area contributed by atoms with Gasteiger partial charge in [-0.1, -0.05) is 30.8 Å². The van der Waals surface area contributed by atoms with Gasteiger partial charge in [-0.2, -0.15) is 5.26 Å². The first-order chi connectivity index (χ1) is 16.0. The third-order valence-corrected chi connectivity index (χ3v) is 5.07. The number of amides is 1. The number of rotatable bonds is 6. The third kappa shape index (κ3) is 4.65. The summed E-state index contributed by atoms with van der Waals surface area (Å²) in [4.78, 5) is 27.7. The Hall–Kier alpha value is -4.70. The number of carbonyl (C=O) groups is 2. The van der Waals surface area contributed by atoms with Crippen molar-refractivity contribution in [2.75, 3.05) is 5.32 Å². The number of hydrogen-bond donors (Lipinski definition) is 1. The topological polar surface area (TPSA) is 97.0 Å². The average molecular weight is 436 g/mol. The van der Waals surface area contributed by atoms with Crippen molar-refractivity contribution in [1.29, 1.82) is 5.26 Å². The van der Waals surface area contributed by atoms with Gasteiger partial charge >= 0.3 is 5.97 Å². The van der Waals surface area contributed by atoms with Gasteiger partial charge in [0.25, 0.3) is 0 Å². The second-order valence-corrected chi connectivity index (χ2v) is 7.34. The minimum absolute atomic E-state index is 0.0270. The Bertz CT molecular complexity index is 1430. The molecule has 0 atom stereocenters. The molecule has 2 aromatic heterocycles. The van der Waals surface area contributed by atoms with E-state index in [1.165, 1.54) is 13.0 Å². The standard InChI is InChI=1S/C26H20N4O3/c1-3-25(32)29-22-9-5-7-19(11-22)21-12-23-24(20-8-4-6-18(10-20)13-27)15-30(16-33-17(2)31)26(23)28-14-21/h3-12,14-15H,1,16H2,2H3,(H,29,32). The molecule has 7 nitrogen and oxygen atoms in total. The maximum Gasteiger partial charge on any atom is 0.304 e. The predicted molar refractivity (Wildman–Crippen MR) is 126 cm³/mol. The van der Waals surface area contributed by atoms with Gasteiger partial charge in [0, 0.05) is 41.5 Å². The monoisotopic (exact) mass is 436 g/mol. The summed E-state index contributed by atoms with van der Waals surface area (Å²) in [6.07, 6.45) is 4.81. The zero-order chi connectivity index (χ0) is 23.4. The van der Waals surface area contributed by atoms with Gasteiger partial charge in [-0.3, -0.25) is 14.2 Å². The van der Waals surface area contributed by atoms with Gasteiger partial charge in [0.1, 0.15) is 5.65 Å². The van der Waals surface area contributed by atoms with Crippen LogP contribution in [0.15, 0.2) is 79.6 Å². The molecule has 0 unspecified atom stereocenters. The van der Waals surface area contributed by atoms with Crippen molar-refractivity contribution in [3.05, 3.63) is 85.2 Å². The maximum atomic E-state index is 11.7. The lowest BCUT2D eigenvalue weighted by molar-refractivity contribution is -0.144. The second kappa shape index (κ2) is 9.20. The van der Waals surface area contributed by atoms with E-state index in [0.717, 1.165) is 27.6 Å². The van der Waals surface area contributed by atoms with Crippen molar-refractivity contribution in [3.63, 3.8) is 0 Å². The summed E-state index contributed by atoms with van der Waals surface area (Å²) in [5.74, 6) is -0.678. The number of nitriles is 1. The second-order valence-electron chi connectivity index (χ2n) is 7.34. The van der Waals surface area contributed by atoms with Crippen LogP contribution in [-0.2, 0) is 21.1 Å². The summed E-state index contributed by atoms with van der Waals surface area (Å²) in [6.45, 7) is 4.86. The molecule has 1 amide bonds. The van der Waals surface area contributed by atoms with E-state index in [4.69, 9.17) is 4.74 Å². The molecule has 0 aliphatic rings. The third-order valence-electron chi connectivity index (χ3n) is 5.07. The smallest absolute Gasteiger partial charge is 0.304 e. The molecule has 0 radical (unpaired) electrons. The number of nitrogens with zero attached hydrogens (tertiary/aromatic N) is 3. The van der Waals surface area contributed by atoms with Crippen LogP contribution in [0.3, 0.4) is 0 Å². The van der Waals surface area contributed by atoms with E-state index in [-0.39, 0.29) is 18.6 Å². The number of hydrogen-bond acceptors (Lipinski definition) is 5. The quantitative estimate of drug-likeness (QED) is 0.343. The van der Waals surface area contributed by atoms with Gasteiger partial charge in [0.2, 0.25) is 5.91 Å². The fourth-order valence-electron chi connectivity index (χ4n) is 3.54. The lowest BCUT2D eigenvalue weighted by Crippen LogP contribution is -2.07. The molecule has 4 aromatic rings. The van der Waals surface area contributed by atoms with Gasteiger partial charge in [-0.05, 0) is 47.5 Å². The van der Waals surface area contributed by atoms with E-state index in [0.29, 0.717) is 16.9 Å². The van der Waals surface area contributed by atoms with Gasteiger partial charge < -0.3 is 10.1 Å². The molecule has 0 aliphatic heterocycles. The van der Waals surface area contributed by atoms with Crippen molar-refractivity contribution in [2.24, 2.45) is 0 Å². The number of benzene rings is 2. The van der Waals surface area contributed by atoms with Gasteiger partial charge in [-0.25, -0.2) is 4.98 Å². The molecule has 0 saturated carbocycles. The summed E-state index contributed by atoms with van der Waals surface area (Å²) < 4.78 is 6.95. The highest BCUT2D eigenvalue weighted by atomic mass is 16.5. The average Bonchev–Trinajstić information content (AvgIpc) is 3.20. The molecule has 4 rings (SSSR count). The summed E-state index contributed by atoms with van der Waals surface area (Å²) in [5.41, 5.74) is 5.27. The number of carbonyl (C=O) groups excluding carboxylic acids is 2. The minimum Gasteiger partial charge on any atom is -0.444 e. The number of anilines is 1. The van der Waals surface area contributed by atoms with Crippen LogP contribution in [0.25, 0.3) is 33.3 Å². The SMILES string of the molecule is C=CC(=O)Nc1cccc(-c2cnc3c(c2)c(-c2cccc(C#N)c2)cn3COC(C)=O)c1. The van der Waals surface area contributed by atoms with Crippen LogP contribution in [0.5, 0.6) is 0 Å². The summed E-state index contributed by atoms with van der Waals surface area (Å²) in [7, 11) is 0. The number of esters is 1. The van der Waals surface area contributed by atoms with Crippen molar-refractivity contribution in [2.45, 2.75) is 13.7 Å². The first-order valence-corrected chi connectivity index (χ1v) is 10.1. The van der Waals surface area contributed by atoms with Gasteiger partial charge in [0.15, 0.2) is 6.73 Å². The van der Waals surface area contributed by atoms with Crippen LogP contribution < -0.4 is 5.32 Å². The van der Waals surface area contributed by atoms with Crippen LogP contribution in [0.1, 0.15) is 12.5 Å². The summed E-state index contributed by atoms with van der Waals surface area (Å²) in [6, 6.07) is 18.9. The van der Waals surface area contributed by atoms with E-state index >= 15 is 0 Å². The van der Waals surface area contributed by atoms with Crippen LogP contribution >= 0.6 is 0 Å². The largest absolute Gasteiger partial charge is 0.444 e. The molecule has 0 saturated heterocycles. The Morgan fingerprint density at radius 1 is 1.15 bits per heavy atom. The Balaban J connectivity index is 1.84. The molecule has 0 aliphatic carbocycles. The number of pyridine rings is 1. The number of fused-ring (bicyclic) bond motifs is 1. The summed E-state index contributed by atoms with van der Waals surface area (Å²) >= 11 is 0. The van der Waals surface area contributed by atoms with Crippen LogP contribution in [0, 0.1) is 11.3 Å². The molecule has 2 heterocycles. The molecule has 0 bridgehead atoms. The molecule has 1 N–H and O–H groups in total. The molecule has 0 fully saturated rings. The highest BCUT2D eigenvalue weighted by molar-refractivity contribution is 6.00. The van der Waals surface area contributed by atoms with Crippen LogP contribution in [0.4, 0.5) is 5.69 Å². The molecular weight excluding hydrogens is 416 g/mol. The lowest BCUT2D eigenvalue weighted by atomic mass is 10.0. The zero-order valence-electron chi connectivity index (χ0n) is 17.9. The minimum atomic E-state index is -0.389. The Labute approximate surface area is 190 Å². The molecular formula is C26H20N4O3. The molecule has 7 heteroatoms. The van der Waals surface area contributed by atoms with E-state index in [1.807, 2.05) is 48.7 Å². The van der Waals surface area contributed by atoms with Crippen molar-refractivity contribution in [1.82, 2.24) is 9.55 Å². The highest BCUT2D eigenvalue weighted by Crippen LogP contribution is 2.33. The predicted octanol–water partition coefficient (Wildman–Crippen LogP) is 4.89. The van der Waals surface area contributed by atoms with Gasteiger partial charge in [0.05, 0.1) is 11.6 Å². The lowest BCUT2D eigenvalue weighted by Gasteiger charge is -2.08. The number of nitrogens with one attached hydrogen (secondary N) is 1. The fraction of sp³-hybridized carbons (Fsp3) is 0.0769. The van der Waals surface area contributed by atoms with Crippen LogP contribution in [-0.4, -0.2) is 21.4 Å². The molecule has 33 heavy (non-hydrogen) atoms. The van der Waals surface area contributed by atoms with Crippen molar-refractivity contribution >= 4 is 28.6 Å². The van der Waals surface area contributed by atoms with Crippen LogP contribution in [0.2, 0.25) is 0 Å². The number of aromatic nitrogens is 2. The van der Waals surface area contributed by atoms with Crippen molar-refractivity contribution < 1.29 is 14.3 Å². The van der Waals surface area contributed by atoms with E-state index in [9.17, 15) is 14.9 Å². The fourth-order valence-corrected chi connectivity index (χ4v) is 3.54. The molecule has 0 spiro atoms. The Morgan fingerprint density at radius 2 is 1.94 bits per heavy atom. The van der Waals surface area contributed by atoms with E-state index in [2.05, 4.69) is 22.9 Å².